The number of carbonyl (C=O) groups is 1. The maximum absolute atomic E-state index is 13.4. The molecule has 1 fully saturated rings. The number of aliphatic hydroxyl groups is 1. The molecule has 2 amide bonds. The first-order valence-corrected chi connectivity index (χ1v) is 16.7. The molecule has 4 atom stereocenters. The molecule has 5 rings (SSSR count). The summed E-state index contributed by atoms with van der Waals surface area (Å²) in [7, 11) is 0. The number of nitrogens with two attached hydrogens (primary N) is 1. The van der Waals surface area contributed by atoms with E-state index in [1.54, 1.807) is 45.9 Å². The number of likely N-dealkylation sites (tertiary alicyclic amines) is 1. The van der Waals surface area contributed by atoms with E-state index in [4.69, 9.17) is 21.3 Å². The van der Waals surface area contributed by atoms with Crippen LogP contribution in [-0.2, 0) is 6.54 Å². The summed E-state index contributed by atoms with van der Waals surface area (Å²) >= 11 is 0. The van der Waals surface area contributed by atoms with Crippen molar-refractivity contribution in [2.45, 2.75) is 90.6 Å². The van der Waals surface area contributed by atoms with Gasteiger partial charge in [-0.05, 0) is 81.2 Å². The Kier molecular flexibility index (Phi) is 11.0. The second-order valence-corrected chi connectivity index (χ2v) is 12.9. The van der Waals surface area contributed by atoms with Crippen LogP contribution >= 0.6 is 0 Å². The van der Waals surface area contributed by atoms with Crippen molar-refractivity contribution >= 4 is 23.6 Å². The number of pyridine rings is 1. The van der Waals surface area contributed by atoms with E-state index in [2.05, 4.69) is 39.5 Å². The quantitative estimate of drug-likeness (QED) is 0.151. The van der Waals surface area contributed by atoms with Gasteiger partial charge < -0.3 is 25.8 Å². The number of nitrogens with one attached hydrogen (secondary N) is 4. The van der Waals surface area contributed by atoms with Crippen LogP contribution in [0.5, 0.6) is 5.75 Å². The SMILES string of the molecule is CC(C)C(N)=CC(=Nc1ccn(CCO)n1)NC(=O)NC1CCC(Oc2ccc(=N)n(C(=N)N3C(C)CCCC3C)c2)c2ccccc21. The first-order valence-electron chi connectivity index (χ1n) is 16.7. The first-order chi connectivity index (χ1) is 23.0. The monoisotopic (exact) mass is 656 g/mol. The molecular formula is C35H48N10O3. The Hall–Kier alpha value is -4.91. The predicted molar refractivity (Wildman–Crippen MR) is 185 cm³/mol. The molecule has 1 saturated heterocycles. The number of benzene rings is 1. The predicted octanol–water partition coefficient (Wildman–Crippen LogP) is 4.69. The Morgan fingerprint density at radius 3 is 2.56 bits per heavy atom. The smallest absolute Gasteiger partial charge is 0.320 e. The maximum atomic E-state index is 13.4. The van der Waals surface area contributed by atoms with Crippen LogP contribution in [0, 0.1) is 16.7 Å². The van der Waals surface area contributed by atoms with Crippen LogP contribution in [0.25, 0.3) is 0 Å². The van der Waals surface area contributed by atoms with Crippen molar-refractivity contribution < 1.29 is 14.6 Å². The third-order valence-electron chi connectivity index (χ3n) is 9.01. The molecule has 2 aromatic heterocycles. The summed E-state index contributed by atoms with van der Waals surface area (Å²) in [6, 6.07) is 12.8. The van der Waals surface area contributed by atoms with Gasteiger partial charge in [-0.2, -0.15) is 5.10 Å². The van der Waals surface area contributed by atoms with Gasteiger partial charge in [-0.25, -0.2) is 9.79 Å². The number of aliphatic hydroxyl groups excluding tert-OH is 1. The average Bonchev–Trinajstić information content (AvgIpc) is 3.49. The summed E-state index contributed by atoms with van der Waals surface area (Å²) in [5, 5.41) is 37.0. The van der Waals surface area contributed by atoms with Gasteiger partial charge in [-0.15, -0.1) is 0 Å². The Morgan fingerprint density at radius 1 is 1.12 bits per heavy atom. The van der Waals surface area contributed by atoms with E-state index in [1.165, 1.54) is 0 Å². The van der Waals surface area contributed by atoms with E-state index >= 15 is 0 Å². The third kappa shape index (κ3) is 8.14. The molecule has 7 N–H and O–H groups in total. The van der Waals surface area contributed by atoms with Gasteiger partial charge in [0.2, 0.25) is 5.96 Å². The van der Waals surface area contributed by atoms with Crippen molar-refractivity contribution in [3.63, 3.8) is 0 Å². The zero-order valence-electron chi connectivity index (χ0n) is 28.2. The Morgan fingerprint density at radius 2 is 1.85 bits per heavy atom. The highest BCUT2D eigenvalue weighted by atomic mass is 16.5. The highest BCUT2D eigenvalue weighted by Crippen LogP contribution is 2.38. The van der Waals surface area contributed by atoms with Crippen LogP contribution in [-0.4, -0.2) is 60.9 Å². The number of rotatable bonds is 8. The molecule has 1 aliphatic heterocycles. The zero-order valence-corrected chi connectivity index (χ0v) is 28.2. The summed E-state index contributed by atoms with van der Waals surface area (Å²) < 4.78 is 9.69. The minimum atomic E-state index is -0.428. The van der Waals surface area contributed by atoms with E-state index < -0.39 is 6.03 Å². The topological polar surface area (TPSA) is 183 Å². The standard InChI is InChI=1S/C35H48N10O3/c1-22(2)28(36)20-33(40-32-16-17-43(42-32)18-19-46)41-35(47)39-29-13-14-30(27-11-6-5-10-26(27)29)48-25-12-15-31(37)44(21-25)34(38)45-23(3)8-7-9-24(45)4/h5-6,10-12,15-17,20-24,29-30,37-38,46H,7-9,13-14,18-19,36H2,1-4H3,(H2,39,40,41,42,47). The van der Waals surface area contributed by atoms with Crippen molar-refractivity contribution in [3.05, 3.63) is 83.2 Å². The average molecular weight is 657 g/mol. The first kappa shape index (κ1) is 34.4. The summed E-state index contributed by atoms with van der Waals surface area (Å²) in [5.74, 6) is 1.54. The molecule has 256 valence electrons. The van der Waals surface area contributed by atoms with Gasteiger partial charge in [0.05, 0.1) is 25.4 Å². The van der Waals surface area contributed by atoms with E-state index in [0.717, 1.165) is 30.4 Å². The lowest BCUT2D eigenvalue weighted by atomic mass is 9.85. The van der Waals surface area contributed by atoms with Crippen molar-refractivity contribution in [2.75, 3.05) is 6.61 Å². The number of urea groups is 1. The number of hydrogen-bond donors (Lipinski definition) is 6. The molecule has 3 heterocycles. The molecule has 1 aromatic carbocycles. The van der Waals surface area contributed by atoms with Gasteiger partial charge in [0.25, 0.3) is 0 Å². The number of allylic oxidation sites excluding steroid dienone is 1. The molecule has 1 aliphatic carbocycles. The normalized spacial score (nSPS) is 21.5. The van der Waals surface area contributed by atoms with E-state index in [0.29, 0.717) is 36.7 Å². The van der Waals surface area contributed by atoms with Gasteiger partial charge >= 0.3 is 6.03 Å². The number of aliphatic imine (C=N–C) groups is 1. The molecule has 48 heavy (non-hydrogen) atoms. The van der Waals surface area contributed by atoms with Gasteiger partial charge in [-0.3, -0.25) is 25.4 Å². The lowest BCUT2D eigenvalue weighted by Crippen LogP contribution is -2.51. The number of fused-ring (bicyclic) bond motifs is 1. The molecule has 0 bridgehead atoms. The summed E-state index contributed by atoms with van der Waals surface area (Å²) in [6.07, 6.45) is 9.28. The third-order valence-corrected chi connectivity index (χ3v) is 9.01. The van der Waals surface area contributed by atoms with Crippen molar-refractivity contribution in [2.24, 2.45) is 16.6 Å². The number of ether oxygens (including phenoxy) is 1. The van der Waals surface area contributed by atoms with Crippen LogP contribution in [0.4, 0.5) is 10.6 Å². The van der Waals surface area contributed by atoms with Gasteiger partial charge in [-0.1, -0.05) is 38.1 Å². The fraction of sp³-hybridized carbons (Fsp3) is 0.457. The highest BCUT2D eigenvalue weighted by molar-refractivity contribution is 6.05. The molecule has 3 aromatic rings. The minimum absolute atomic E-state index is 0.0449. The van der Waals surface area contributed by atoms with E-state index in [1.807, 2.05) is 38.1 Å². The number of amides is 2. The molecule has 13 heteroatoms. The Balaban J connectivity index is 1.31. The van der Waals surface area contributed by atoms with E-state index in [9.17, 15) is 9.90 Å². The molecule has 0 spiro atoms. The summed E-state index contributed by atoms with van der Waals surface area (Å²) in [4.78, 5) is 20.0. The Bertz CT molecular complexity index is 1710. The molecule has 4 unspecified atom stereocenters. The number of nitrogens with zero attached hydrogens (tertiary/aromatic N) is 5. The lowest BCUT2D eigenvalue weighted by molar-refractivity contribution is 0.169. The van der Waals surface area contributed by atoms with Crippen molar-refractivity contribution in [3.8, 4) is 5.75 Å². The minimum Gasteiger partial charge on any atom is -0.484 e. The number of amidine groups is 1. The van der Waals surface area contributed by atoms with Crippen LogP contribution in [0.2, 0.25) is 0 Å². The van der Waals surface area contributed by atoms with Crippen molar-refractivity contribution in [1.29, 1.82) is 10.8 Å². The molecular weight excluding hydrogens is 608 g/mol. The fourth-order valence-electron chi connectivity index (χ4n) is 6.37. The molecule has 2 aliphatic rings. The Labute approximate surface area is 281 Å². The van der Waals surface area contributed by atoms with Crippen LogP contribution < -0.4 is 26.6 Å². The van der Waals surface area contributed by atoms with E-state index in [-0.39, 0.29) is 54.0 Å². The second kappa shape index (κ2) is 15.3. The van der Waals surface area contributed by atoms with Gasteiger partial charge in [0.1, 0.15) is 23.2 Å². The number of aromatic nitrogens is 3. The number of piperidine rings is 1. The molecule has 0 saturated carbocycles. The summed E-state index contributed by atoms with van der Waals surface area (Å²) in [6.45, 7) is 8.48. The lowest BCUT2D eigenvalue weighted by Gasteiger charge is -2.41. The molecule has 0 radical (unpaired) electrons. The zero-order chi connectivity index (χ0) is 34.4. The van der Waals surface area contributed by atoms with Crippen LogP contribution in [0.1, 0.15) is 83.1 Å². The second-order valence-electron chi connectivity index (χ2n) is 12.9. The fourth-order valence-corrected chi connectivity index (χ4v) is 6.37. The number of hydrogen-bond acceptors (Lipinski definition) is 8. The maximum Gasteiger partial charge on any atom is 0.320 e. The number of carbonyl (C=O) groups excluding carboxylic acids is 1. The summed E-state index contributed by atoms with van der Waals surface area (Å²) in [5.41, 5.74) is 8.93. The highest BCUT2D eigenvalue weighted by Gasteiger charge is 2.31. The van der Waals surface area contributed by atoms with Crippen LogP contribution in [0.3, 0.4) is 0 Å². The van der Waals surface area contributed by atoms with Gasteiger partial charge in [0.15, 0.2) is 5.82 Å². The van der Waals surface area contributed by atoms with Crippen LogP contribution in [0.15, 0.2) is 71.6 Å². The molecule has 13 nitrogen and oxygen atoms in total. The van der Waals surface area contributed by atoms with Crippen molar-refractivity contribution in [1.82, 2.24) is 29.9 Å². The van der Waals surface area contributed by atoms with Gasteiger partial charge in [0, 0.05) is 30.0 Å². The largest absolute Gasteiger partial charge is 0.484 e.